The molecule has 0 fully saturated rings. The van der Waals surface area contributed by atoms with Gasteiger partial charge in [-0.15, -0.1) is 20.5 Å². The zero-order valence-corrected chi connectivity index (χ0v) is 30.4. The van der Waals surface area contributed by atoms with Crippen LogP contribution in [0.4, 0.5) is 28.7 Å². The summed E-state index contributed by atoms with van der Waals surface area (Å²) in [6, 6.07) is 1.41. The van der Waals surface area contributed by atoms with Crippen molar-refractivity contribution >= 4 is 40.0 Å². The molecule has 0 unspecified atom stereocenters. The smallest absolute Gasteiger partial charge is 0.320 e. The highest BCUT2D eigenvalue weighted by molar-refractivity contribution is 5.71. The summed E-state index contributed by atoms with van der Waals surface area (Å²) in [6.45, 7) is 26.7. The fraction of sp³-hybridized carbons (Fsp3) is 0.387. The third-order valence-corrected chi connectivity index (χ3v) is 8.14. The SMILES string of the molecule is [C-]#[N+]c1c(C)nn(-c2nc(O)nc(-n3nc(C)c(C#N)c3/N=N/c3c(C(C)(C)C)nn4c(C)n[nH]c34)n2)c1/N=N/c1c(C(C)(C)C)nn2c(C)n[nH]c12. The lowest BCUT2D eigenvalue weighted by Gasteiger charge is -2.15. The minimum atomic E-state index is -0.706. The van der Waals surface area contributed by atoms with Crippen molar-refractivity contribution in [2.75, 3.05) is 0 Å². The number of nitrogens with zero attached hydrogens (tertiary/aromatic N) is 19. The summed E-state index contributed by atoms with van der Waals surface area (Å²) in [7, 11) is 0. The lowest BCUT2D eigenvalue weighted by Crippen LogP contribution is -2.12. The number of aryl methyl sites for hydroxylation is 4. The number of aromatic hydroxyl groups is 1. The van der Waals surface area contributed by atoms with Gasteiger partial charge in [0.1, 0.15) is 23.3 Å². The van der Waals surface area contributed by atoms with Gasteiger partial charge in [-0.2, -0.15) is 69.2 Å². The maximum atomic E-state index is 10.8. The zero-order chi connectivity index (χ0) is 38.1. The van der Waals surface area contributed by atoms with Crippen LogP contribution in [0.2, 0.25) is 0 Å². The Hall–Kier alpha value is -7.23. The van der Waals surface area contributed by atoms with E-state index in [0.717, 1.165) is 9.36 Å². The van der Waals surface area contributed by atoms with Crippen LogP contribution >= 0.6 is 0 Å². The largest absolute Gasteiger partial charge is 0.479 e. The first-order valence-corrected chi connectivity index (χ1v) is 16.2. The molecular formula is C31H33N21O. The van der Waals surface area contributed by atoms with Gasteiger partial charge in [-0.05, 0) is 27.7 Å². The Morgan fingerprint density at radius 3 is 1.64 bits per heavy atom. The van der Waals surface area contributed by atoms with E-state index in [1.165, 1.54) is 0 Å². The molecule has 53 heavy (non-hydrogen) atoms. The number of fused-ring (bicyclic) bond motifs is 2. The van der Waals surface area contributed by atoms with Gasteiger partial charge in [0.25, 0.3) is 17.6 Å². The van der Waals surface area contributed by atoms with Crippen LogP contribution in [-0.4, -0.2) is 79.2 Å². The molecule has 0 aliphatic heterocycles. The van der Waals surface area contributed by atoms with Gasteiger partial charge in [0, 0.05) is 10.8 Å². The molecule has 0 saturated carbocycles. The van der Waals surface area contributed by atoms with Crippen LogP contribution in [0.5, 0.6) is 6.01 Å². The molecule has 0 spiro atoms. The van der Waals surface area contributed by atoms with Gasteiger partial charge in [0.05, 0.1) is 29.3 Å². The molecule has 0 aliphatic carbocycles. The molecule has 0 aromatic carbocycles. The summed E-state index contributed by atoms with van der Waals surface area (Å²) in [6.07, 6.45) is 0. The molecule has 22 heteroatoms. The maximum absolute atomic E-state index is 10.8. The molecule has 7 aromatic rings. The molecule has 22 nitrogen and oxygen atoms in total. The fourth-order valence-electron chi connectivity index (χ4n) is 5.52. The van der Waals surface area contributed by atoms with Crippen LogP contribution < -0.4 is 0 Å². The average Bonchev–Trinajstić information content (AvgIpc) is 3.91. The lowest BCUT2D eigenvalue weighted by molar-refractivity contribution is 0.423. The lowest BCUT2D eigenvalue weighted by atomic mass is 9.91. The highest BCUT2D eigenvalue weighted by atomic mass is 16.3. The van der Waals surface area contributed by atoms with Crippen molar-refractivity contribution in [1.29, 1.82) is 5.26 Å². The summed E-state index contributed by atoms with van der Waals surface area (Å²) in [5.74, 6) is 0.765. The van der Waals surface area contributed by atoms with Crippen molar-refractivity contribution in [3.63, 3.8) is 0 Å². The van der Waals surface area contributed by atoms with Crippen LogP contribution in [0.15, 0.2) is 20.5 Å². The number of aromatic amines is 2. The van der Waals surface area contributed by atoms with Gasteiger partial charge in [0.15, 0.2) is 34.3 Å². The quantitative estimate of drug-likeness (QED) is 0.137. The molecule has 0 aliphatic rings. The Morgan fingerprint density at radius 2 is 1.17 bits per heavy atom. The normalized spacial score (nSPS) is 12.6. The zero-order valence-electron chi connectivity index (χ0n) is 30.4. The number of hydrogen-bond acceptors (Lipinski definition) is 15. The number of H-pyrrole nitrogens is 2. The Bertz CT molecular complexity index is 2550. The minimum Gasteiger partial charge on any atom is -0.479 e. The molecule has 0 radical (unpaired) electrons. The number of nitrogens with one attached hydrogen (secondary N) is 2. The average molecular weight is 716 g/mol. The van der Waals surface area contributed by atoms with Crippen molar-refractivity contribution < 1.29 is 5.11 Å². The Balaban J connectivity index is 1.37. The van der Waals surface area contributed by atoms with Crippen molar-refractivity contribution in [3.8, 4) is 24.0 Å². The number of aromatic nitrogens is 15. The van der Waals surface area contributed by atoms with Crippen molar-refractivity contribution in [1.82, 2.24) is 74.1 Å². The van der Waals surface area contributed by atoms with Crippen LogP contribution in [-0.2, 0) is 10.8 Å². The number of azo groups is 2. The summed E-state index contributed by atoms with van der Waals surface area (Å²) in [5.41, 5.74) is 3.06. The Morgan fingerprint density at radius 1 is 0.698 bits per heavy atom. The number of rotatable bonds is 6. The predicted molar refractivity (Wildman–Crippen MR) is 186 cm³/mol. The van der Waals surface area contributed by atoms with E-state index in [9.17, 15) is 10.4 Å². The molecule has 268 valence electrons. The van der Waals surface area contributed by atoms with E-state index < -0.39 is 16.8 Å². The van der Waals surface area contributed by atoms with Crippen LogP contribution in [0.25, 0.3) is 28.0 Å². The first-order chi connectivity index (χ1) is 25.0. The fourth-order valence-corrected chi connectivity index (χ4v) is 5.52. The number of nitriles is 1. The topological polar surface area (TPSA) is 264 Å². The molecule has 0 bridgehead atoms. The van der Waals surface area contributed by atoms with Crippen molar-refractivity contribution in [2.24, 2.45) is 20.5 Å². The Kier molecular flexibility index (Phi) is 7.71. The first-order valence-electron chi connectivity index (χ1n) is 16.2. The summed E-state index contributed by atoms with van der Waals surface area (Å²) >= 11 is 0. The third-order valence-electron chi connectivity index (χ3n) is 8.14. The van der Waals surface area contributed by atoms with Crippen LogP contribution in [0.3, 0.4) is 0 Å². The predicted octanol–water partition coefficient (Wildman–Crippen LogP) is 5.77. The second-order valence-electron chi connectivity index (χ2n) is 14.2. The second kappa shape index (κ2) is 11.9. The highest BCUT2D eigenvalue weighted by Gasteiger charge is 2.29. The van der Waals surface area contributed by atoms with Crippen LogP contribution in [0, 0.1) is 45.6 Å². The molecule has 7 rings (SSSR count). The van der Waals surface area contributed by atoms with E-state index in [2.05, 4.69) is 82.0 Å². The van der Waals surface area contributed by atoms with Gasteiger partial charge in [-0.3, -0.25) is 10.2 Å². The monoisotopic (exact) mass is 715 g/mol. The molecular weight excluding hydrogens is 682 g/mol. The van der Waals surface area contributed by atoms with E-state index in [0.29, 0.717) is 57.1 Å². The molecule has 3 N–H and O–H groups in total. The Labute approximate surface area is 300 Å². The standard InChI is InChI=1S/C31H33N21O/c1-13-17(12-32)23(41-39-19-21(30(5,6)7)47-49-15(3)37-42-25(19)49)51(45-13)27-34-28(36-29(53)35-27)52-24(18(33-11)14(2)46-52)44-40-20-22(31(8,9)10)48-50-16(4)38-43-26(20)50/h42-43H,1-10H3,(H,34,35,36,53)/b41-39+,44-40+. The summed E-state index contributed by atoms with van der Waals surface area (Å²) < 4.78 is 5.59. The van der Waals surface area contributed by atoms with E-state index in [1.807, 2.05) is 41.5 Å². The minimum absolute atomic E-state index is 0.0199. The van der Waals surface area contributed by atoms with E-state index in [-0.39, 0.29) is 34.8 Å². The van der Waals surface area contributed by atoms with Gasteiger partial charge >= 0.3 is 6.01 Å². The van der Waals surface area contributed by atoms with E-state index in [1.54, 1.807) is 36.7 Å². The summed E-state index contributed by atoms with van der Waals surface area (Å²) in [4.78, 5) is 16.3. The van der Waals surface area contributed by atoms with Crippen molar-refractivity contribution in [3.05, 3.63) is 51.4 Å². The summed E-state index contributed by atoms with van der Waals surface area (Å²) in [5, 5.41) is 71.5. The molecule has 0 amide bonds. The van der Waals surface area contributed by atoms with E-state index in [4.69, 9.17) is 11.7 Å². The van der Waals surface area contributed by atoms with Gasteiger partial charge in [0.2, 0.25) is 0 Å². The first kappa shape index (κ1) is 34.2. The molecule has 7 aromatic heterocycles. The molecule has 0 atom stereocenters. The highest BCUT2D eigenvalue weighted by Crippen LogP contribution is 2.39. The molecule has 0 saturated heterocycles. The second-order valence-corrected chi connectivity index (χ2v) is 14.2. The van der Waals surface area contributed by atoms with Gasteiger partial charge in [-0.25, -0.2) is 4.85 Å². The molecule has 7 heterocycles. The van der Waals surface area contributed by atoms with Gasteiger partial charge in [-0.1, -0.05) is 41.5 Å². The number of hydrogen-bond donors (Lipinski definition) is 3. The maximum Gasteiger partial charge on any atom is 0.320 e. The van der Waals surface area contributed by atoms with Crippen molar-refractivity contribution in [2.45, 2.75) is 80.1 Å². The van der Waals surface area contributed by atoms with E-state index >= 15 is 0 Å². The van der Waals surface area contributed by atoms with Gasteiger partial charge < -0.3 is 5.11 Å². The third kappa shape index (κ3) is 5.61. The van der Waals surface area contributed by atoms with Crippen LogP contribution in [0.1, 0.15) is 81.5 Å².